The third-order valence-corrected chi connectivity index (χ3v) is 3.37. The highest BCUT2D eigenvalue weighted by Crippen LogP contribution is 2.36. The van der Waals surface area contributed by atoms with Crippen LogP contribution in [0.25, 0.3) is 0 Å². The van der Waals surface area contributed by atoms with Crippen LogP contribution in [0.5, 0.6) is 0 Å². The molecule has 0 aromatic heterocycles. The third kappa shape index (κ3) is 3.33. The largest absolute Gasteiger partial charge is 0.461 e. The highest BCUT2D eigenvalue weighted by Gasteiger charge is 2.46. The molecular formula is C16H17FO5. The molecular weight excluding hydrogens is 291 g/mol. The summed E-state index contributed by atoms with van der Waals surface area (Å²) >= 11 is 0. The maximum atomic E-state index is 13.0. The molecule has 0 radical (unpaired) electrons. The van der Waals surface area contributed by atoms with E-state index in [1.54, 1.807) is 6.92 Å². The van der Waals surface area contributed by atoms with E-state index in [0.717, 1.165) is 0 Å². The number of hydrogen-bond donors (Lipinski definition) is 1. The van der Waals surface area contributed by atoms with Gasteiger partial charge in [-0.25, -0.2) is 9.18 Å². The fourth-order valence-electron chi connectivity index (χ4n) is 2.28. The van der Waals surface area contributed by atoms with Crippen molar-refractivity contribution in [1.29, 1.82) is 0 Å². The molecule has 118 valence electrons. The number of benzene rings is 1. The van der Waals surface area contributed by atoms with Crippen molar-refractivity contribution in [2.75, 3.05) is 6.61 Å². The molecule has 2 rings (SSSR count). The van der Waals surface area contributed by atoms with Gasteiger partial charge >= 0.3 is 11.8 Å². The minimum atomic E-state index is -2.23. The van der Waals surface area contributed by atoms with Crippen LogP contribution in [0.1, 0.15) is 31.7 Å². The Morgan fingerprint density at radius 1 is 1.41 bits per heavy atom. The number of ketones is 1. The topological polar surface area (TPSA) is 72.8 Å². The number of Topliss-reactive ketones (excluding diaryl/α,β-unsaturated/α-hetero) is 1. The van der Waals surface area contributed by atoms with Crippen molar-refractivity contribution >= 4 is 11.8 Å². The Bertz CT molecular complexity index is 607. The van der Waals surface area contributed by atoms with E-state index in [1.165, 1.54) is 37.3 Å². The average Bonchev–Trinajstić information content (AvgIpc) is 2.47. The summed E-state index contributed by atoms with van der Waals surface area (Å²) in [6.45, 7) is 2.94. The number of aliphatic hydroxyl groups is 1. The molecule has 0 saturated heterocycles. The first-order chi connectivity index (χ1) is 10.4. The van der Waals surface area contributed by atoms with Crippen molar-refractivity contribution in [3.05, 3.63) is 47.5 Å². The molecule has 5 nitrogen and oxygen atoms in total. The van der Waals surface area contributed by atoms with E-state index < -0.39 is 29.3 Å². The van der Waals surface area contributed by atoms with Gasteiger partial charge in [-0.3, -0.25) is 4.79 Å². The van der Waals surface area contributed by atoms with Gasteiger partial charge in [0.05, 0.1) is 6.61 Å². The first-order valence-corrected chi connectivity index (χ1v) is 6.92. The number of hydrogen-bond acceptors (Lipinski definition) is 5. The van der Waals surface area contributed by atoms with Gasteiger partial charge in [-0.05, 0) is 30.7 Å². The van der Waals surface area contributed by atoms with Gasteiger partial charge in [-0.1, -0.05) is 12.1 Å². The zero-order valence-electron chi connectivity index (χ0n) is 12.3. The first-order valence-electron chi connectivity index (χ1n) is 6.92. The number of allylic oxidation sites excluding steroid dienone is 2. The summed E-state index contributed by atoms with van der Waals surface area (Å²) in [5.74, 6) is -4.58. The lowest BCUT2D eigenvalue weighted by atomic mass is 9.88. The molecule has 0 saturated carbocycles. The summed E-state index contributed by atoms with van der Waals surface area (Å²) in [4.78, 5) is 23.5. The summed E-state index contributed by atoms with van der Waals surface area (Å²) < 4.78 is 23.0. The Labute approximate surface area is 127 Å². The zero-order valence-corrected chi connectivity index (χ0v) is 12.3. The lowest BCUT2D eigenvalue weighted by Gasteiger charge is -2.34. The van der Waals surface area contributed by atoms with E-state index in [4.69, 9.17) is 9.47 Å². The number of carbonyl (C=O) groups is 2. The molecule has 22 heavy (non-hydrogen) atoms. The van der Waals surface area contributed by atoms with Gasteiger partial charge in [0.2, 0.25) is 0 Å². The van der Waals surface area contributed by atoms with Crippen molar-refractivity contribution in [3.8, 4) is 0 Å². The number of ether oxygens (including phenoxy) is 2. The highest BCUT2D eigenvalue weighted by molar-refractivity contribution is 5.92. The van der Waals surface area contributed by atoms with Gasteiger partial charge in [0.25, 0.3) is 0 Å². The lowest BCUT2D eigenvalue weighted by Crippen LogP contribution is -2.46. The van der Waals surface area contributed by atoms with E-state index in [-0.39, 0.29) is 18.8 Å². The van der Waals surface area contributed by atoms with E-state index >= 15 is 0 Å². The Balaban J connectivity index is 2.37. The van der Waals surface area contributed by atoms with Crippen LogP contribution in [0, 0.1) is 5.82 Å². The molecule has 1 heterocycles. The van der Waals surface area contributed by atoms with Crippen LogP contribution in [0.15, 0.2) is 36.1 Å². The molecule has 1 N–H and O–H groups in total. The maximum absolute atomic E-state index is 13.0. The lowest BCUT2D eigenvalue weighted by molar-refractivity contribution is -0.221. The van der Waals surface area contributed by atoms with Crippen LogP contribution >= 0.6 is 0 Å². The molecule has 6 heteroatoms. The van der Waals surface area contributed by atoms with Gasteiger partial charge in [0.15, 0.2) is 11.5 Å². The second-order valence-electron chi connectivity index (χ2n) is 5.06. The third-order valence-electron chi connectivity index (χ3n) is 3.37. The Morgan fingerprint density at radius 3 is 2.59 bits per heavy atom. The standard InChI is InChI=1S/C16H17FO5/c1-3-21-15(19)16(20)9-12(8-14(22-16)10(2)18)11-4-6-13(17)7-5-11/h4-8,12,20H,3,9H2,1-2H3. The highest BCUT2D eigenvalue weighted by atomic mass is 19.1. The normalized spacial score (nSPS) is 24.2. The minimum Gasteiger partial charge on any atom is -0.461 e. The summed E-state index contributed by atoms with van der Waals surface area (Å²) in [5.41, 5.74) is 0.658. The predicted octanol–water partition coefficient (Wildman–Crippen LogP) is 2.05. The summed E-state index contributed by atoms with van der Waals surface area (Å²) in [6, 6.07) is 5.61. The van der Waals surface area contributed by atoms with Crippen molar-refractivity contribution in [2.24, 2.45) is 0 Å². The molecule has 2 unspecified atom stereocenters. The van der Waals surface area contributed by atoms with Crippen LogP contribution < -0.4 is 0 Å². The average molecular weight is 308 g/mol. The van der Waals surface area contributed by atoms with Crippen molar-refractivity contribution in [1.82, 2.24) is 0 Å². The fraction of sp³-hybridized carbons (Fsp3) is 0.375. The second-order valence-corrected chi connectivity index (χ2v) is 5.06. The van der Waals surface area contributed by atoms with E-state index in [9.17, 15) is 19.1 Å². The van der Waals surface area contributed by atoms with Crippen LogP contribution in [-0.4, -0.2) is 29.3 Å². The fourth-order valence-corrected chi connectivity index (χ4v) is 2.28. The maximum Gasteiger partial charge on any atom is 0.379 e. The Hall–Kier alpha value is -2.21. The molecule has 0 amide bonds. The molecule has 2 atom stereocenters. The first kappa shape index (κ1) is 16.2. The molecule has 1 aromatic carbocycles. The van der Waals surface area contributed by atoms with Crippen molar-refractivity contribution in [3.63, 3.8) is 0 Å². The smallest absolute Gasteiger partial charge is 0.379 e. The monoisotopic (exact) mass is 308 g/mol. The van der Waals surface area contributed by atoms with Gasteiger partial charge < -0.3 is 14.6 Å². The zero-order chi connectivity index (χ0) is 16.3. The SMILES string of the molecule is CCOC(=O)C1(O)CC(c2ccc(F)cc2)C=C(C(C)=O)O1. The van der Waals surface area contributed by atoms with Crippen molar-refractivity contribution < 1.29 is 28.6 Å². The molecule has 1 aliphatic rings. The number of halogens is 1. The Kier molecular flexibility index (Phi) is 4.61. The molecule has 0 bridgehead atoms. The molecule has 1 aromatic rings. The van der Waals surface area contributed by atoms with Gasteiger partial charge in [0, 0.05) is 19.3 Å². The van der Waals surface area contributed by atoms with Crippen LogP contribution in [0.4, 0.5) is 4.39 Å². The van der Waals surface area contributed by atoms with Crippen LogP contribution in [-0.2, 0) is 19.1 Å². The predicted molar refractivity (Wildman–Crippen MR) is 75.2 cm³/mol. The van der Waals surface area contributed by atoms with Crippen molar-refractivity contribution in [2.45, 2.75) is 32.0 Å². The van der Waals surface area contributed by atoms with E-state index in [2.05, 4.69) is 0 Å². The number of carbonyl (C=O) groups excluding carboxylic acids is 2. The molecule has 0 aliphatic carbocycles. The van der Waals surface area contributed by atoms with Gasteiger partial charge in [-0.2, -0.15) is 0 Å². The Morgan fingerprint density at radius 2 is 2.05 bits per heavy atom. The van der Waals surface area contributed by atoms with Gasteiger partial charge in [0.1, 0.15) is 5.82 Å². The second kappa shape index (κ2) is 6.27. The van der Waals surface area contributed by atoms with Crippen LogP contribution in [0.2, 0.25) is 0 Å². The summed E-state index contributed by atoms with van der Waals surface area (Å²) in [6.07, 6.45) is 1.40. The van der Waals surface area contributed by atoms with E-state index in [0.29, 0.717) is 5.56 Å². The van der Waals surface area contributed by atoms with E-state index in [1.807, 2.05) is 0 Å². The minimum absolute atomic E-state index is 0.0742. The molecule has 1 aliphatic heterocycles. The quantitative estimate of drug-likeness (QED) is 0.862. The summed E-state index contributed by atoms with van der Waals surface area (Å²) in [7, 11) is 0. The molecule has 0 spiro atoms. The number of rotatable bonds is 4. The van der Waals surface area contributed by atoms with Gasteiger partial charge in [-0.15, -0.1) is 0 Å². The number of esters is 1. The van der Waals surface area contributed by atoms with Crippen LogP contribution in [0.3, 0.4) is 0 Å². The molecule has 0 fully saturated rings. The summed E-state index contributed by atoms with van der Waals surface area (Å²) in [5, 5.41) is 10.4.